The van der Waals surface area contributed by atoms with Gasteiger partial charge in [0.25, 0.3) is 0 Å². The molecule has 0 bridgehead atoms. The Labute approximate surface area is 199 Å². The van der Waals surface area contributed by atoms with Crippen molar-refractivity contribution < 1.29 is 18.8 Å². The summed E-state index contributed by atoms with van der Waals surface area (Å²) < 4.78 is 25.2. The number of phenols is 1. The van der Waals surface area contributed by atoms with E-state index in [4.69, 9.17) is 15.0 Å². The lowest BCUT2D eigenvalue weighted by Crippen LogP contribution is -2.42. The van der Waals surface area contributed by atoms with Crippen LogP contribution in [-0.2, 0) is 11.2 Å². The van der Waals surface area contributed by atoms with Crippen molar-refractivity contribution >= 4 is 11.0 Å². The molecule has 0 saturated carbocycles. The third kappa shape index (κ3) is 4.44. The quantitative estimate of drug-likeness (QED) is 0.540. The maximum Gasteiger partial charge on any atom is 0.170 e. The fraction of sp³-hybridized carbons (Fsp3) is 0.519. The highest BCUT2D eigenvalue weighted by molar-refractivity contribution is 5.79. The molecule has 5 rings (SSSR count). The molecule has 3 heterocycles. The minimum Gasteiger partial charge on any atom is -0.507 e. The molecule has 3 atom stereocenters. The van der Waals surface area contributed by atoms with E-state index in [-0.39, 0.29) is 23.9 Å². The van der Waals surface area contributed by atoms with Gasteiger partial charge in [0, 0.05) is 35.9 Å². The van der Waals surface area contributed by atoms with Gasteiger partial charge in [-0.05, 0) is 75.0 Å². The lowest BCUT2D eigenvalue weighted by atomic mass is 9.83. The fourth-order valence-electron chi connectivity index (χ4n) is 5.63. The second-order valence-corrected chi connectivity index (χ2v) is 9.98. The highest BCUT2D eigenvalue weighted by Gasteiger charge is 2.35. The summed E-state index contributed by atoms with van der Waals surface area (Å²) in [6, 6.07) is 8.61. The first-order valence-corrected chi connectivity index (χ1v) is 12.4. The Kier molecular flexibility index (Phi) is 6.60. The van der Waals surface area contributed by atoms with Crippen LogP contribution < -0.4 is 5.73 Å². The number of hydrogen-bond acceptors (Lipinski definition) is 6. The SMILES string of the molecule is Cc1ccc2c(c1O)C[C@@H](C1CCN(CCC(C)c3noc4cc(F)ccc34)CC1)O[C@H]2CN. The first-order valence-electron chi connectivity index (χ1n) is 12.4. The van der Waals surface area contributed by atoms with Crippen molar-refractivity contribution in [3.8, 4) is 5.75 Å². The summed E-state index contributed by atoms with van der Waals surface area (Å²) in [5.41, 5.74) is 10.4. The monoisotopic (exact) mass is 467 g/mol. The van der Waals surface area contributed by atoms with Crippen LogP contribution in [0, 0.1) is 18.7 Å². The van der Waals surface area contributed by atoms with Gasteiger partial charge in [0.2, 0.25) is 0 Å². The van der Waals surface area contributed by atoms with Gasteiger partial charge < -0.3 is 25.0 Å². The van der Waals surface area contributed by atoms with Gasteiger partial charge in [-0.3, -0.25) is 0 Å². The number of benzene rings is 2. The van der Waals surface area contributed by atoms with Crippen molar-refractivity contribution in [2.45, 2.75) is 57.7 Å². The van der Waals surface area contributed by atoms with E-state index in [0.29, 0.717) is 23.8 Å². The Morgan fingerprint density at radius 1 is 1.24 bits per heavy atom. The van der Waals surface area contributed by atoms with Crippen molar-refractivity contribution in [3.63, 3.8) is 0 Å². The van der Waals surface area contributed by atoms with E-state index in [2.05, 4.69) is 23.0 Å². The average molecular weight is 468 g/mol. The number of piperidine rings is 1. The summed E-state index contributed by atoms with van der Waals surface area (Å²) in [6.07, 6.45) is 3.82. The van der Waals surface area contributed by atoms with E-state index in [1.165, 1.54) is 12.1 Å². The van der Waals surface area contributed by atoms with Gasteiger partial charge in [0.05, 0.1) is 17.9 Å². The van der Waals surface area contributed by atoms with Gasteiger partial charge >= 0.3 is 0 Å². The molecule has 34 heavy (non-hydrogen) atoms. The molecule has 0 aliphatic carbocycles. The number of likely N-dealkylation sites (tertiary alicyclic amines) is 1. The van der Waals surface area contributed by atoms with E-state index in [1.54, 1.807) is 6.07 Å². The van der Waals surface area contributed by atoms with Crippen LogP contribution in [0.5, 0.6) is 5.75 Å². The molecule has 3 aromatic rings. The standard InChI is InChI=1S/C27H34FN3O3/c1-16(26-21-6-4-19(28)13-24(21)34-30-26)7-10-31-11-8-18(9-12-31)23-14-22-20(25(15-29)33-23)5-3-17(2)27(22)32/h3-6,13,16,18,23,25,32H,7-12,14-15,29H2,1-2H3/t16?,23-,25-/m0/s1. The molecule has 2 aromatic carbocycles. The maximum atomic E-state index is 13.4. The predicted octanol–water partition coefficient (Wildman–Crippen LogP) is 4.83. The molecule has 3 N–H and O–H groups in total. The fourth-order valence-corrected chi connectivity index (χ4v) is 5.63. The van der Waals surface area contributed by atoms with Crippen LogP contribution in [0.1, 0.15) is 60.6 Å². The number of aryl methyl sites for hydroxylation is 1. The predicted molar refractivity (Wildman–Crippen MR) is 129 cm³/mol. The lowest BCUT2D eigenvalue weighted by Gasteiger charge is -2.40. The number of rotatable bonds is 6. The highest BCUT2D eigenvalue weighted by atomic mass is 19.1. The molecule has 1 saturated heterocycles. The Morgan fingerprint density at radius 3 is 2.79 bits per heavy atom. The molecule has 6 nitrogen and oxygen atoms in total. The zero-order chi connectivity index (χ0) is 23.8. The molecular formula is C27H34FN3O3. The topological polar surface area (TPSA) is 84.8 Å². The Bertz CT molecular complexity index is 1160. The molecule has 2 aliphatic rings. The minimum absolute atomic E-state index is 0.0942. The zero-order valence-corrected chi connectivity index (χ0v) is 20.0. The molecule has 1 fully saturated rings. The summed E-state index contributed by atoms with van der Waals surface area (Å²) in [7, 11) is 0. The van der Waals surface area contributed by atoms with Gasteiger partial charge in [0.1, 0.15) is 11.6 Å². The van der Waals surface area contributed by atoms with Gasteiger partial charge in [-0.25, -0.2) is 4.39 Å². The smallest absolute Gasteiger partial charge is 0.170 e. The molecule has 0 spiro atoms. The third-order valence-corrected chi connectivity index (χ3v) is 7.79. The number of aromatic hydroxyl groups is 1. The van der Waals surface area contributed by atoms with Crippen molar-refractivity contribution in [3.05, 3.63) is 58.5 Å². The number of nitrogens with zero attached hydrogens (tertiary/aromatic N) is 2. The van der Waals surface area contributed by atoms with Crippen LogP contribution in [-0.4, -0.2) is 47.4 Å². The number of nitrogens with two attached hydrogens (primary N) is 1. The largest absolute Gasteiger partial charge is 0.507 e. The van der Waals surface area contributed by atoms with E-state index in [9.17, 15) is 9.50 Å². The van der Waals surface area contributed by atoms with E-state index >= 15 is 0 Å². The number of phenolic OH excluding ortho intramolecular Hbond substituents is 1. The first-order chi connectivity index (χ1) is 16.4. The van der Waals surface area contributed by atoms with Crippen LogP contribution in [0.3, 0.4) is 0 Å². The van der Waals surface area contributed by atoms with E-state index in [0.717, 1.165) is 73.1 Å². The van der Waals surface area contributed by atoms with Crippen molar-refractivity contribution in [2.24, 2.45) is 11.7 Å². The lowest BCUT2D eigenvalue weighted by molar-refractivity contribution is -0.0647. The number of aromatic nitrogens is 1. The number of ether oxygens (including phenoxy) is 1. The maximum absolute atomic E-state index is 13.4. The van der Waals surface area contributed by atoms with Crippen LogP contribution in [0.4, 0.5) is 4.39 Å². The average Bonchev–Trinajstić information content (AvgIpc) is 3.27. The highest BCUT2D eigenvalue weighted by Crippen LogP contribution is 2.40. The second-order valence-electron chi connectivity index (χ2n) is 9.98. The Balaban J connectivity index is 1.17. The van der Waals surface area contributed by atoms with Gasteiger partial charge in [-0.15, -0.1) is 0 Å². The second kappa shape index (κ2) is 9.64. The molecule has 1 aromatic heterocycles. The van der Waals surface area contributed by atoms with Crippen LogP contribution >= 0.6 is 0 Å². The molecule has 0 radical (unpaired) electrons. The number of fused-ring (bicyclic) bond motifs is 2. The molecule has 182 valence electrons. The summed E-state index contributed by atoms with van der Waals surface area (Å²) in [4.78, 5) is 2.51. The van der Waals surface area contributed by atoms with Crippen molar-refractivity contribution in [1.82, 2.24) is 10.1 Å². The van der Waals surface area contributed by atoms with E-state index in [1.807, 2.05) is 13.0 Å². The molecule has 7 heteroatoms. The summed E-state index contributed by atoms with van der Waals surface area (Å²) in [5.74, 6) is 0.794. The molecule has 0 amide bonds. The molecule has 2 aliphatic heterocycles. The number of halogens is 1. The van der Waals surface area contributed by atoms with Crippen molar-refractivity contribution in [1.29, 1.82) is 0 Å². The minimum atomic E-state index is -0.306. The molecular weight excluding hydrogens is 433 g/mol. The van der Waals surface area contributed by atoms with Crippen molar-refractivity contribution in [2.75, 3.05) is 26.2 Å². The Hall–Kier alpha value is -2.48. The van der Waals surface area contributed by atoms with Gasteiger partial charge in [-0.2, -0.15) is 0 Å². The summed E-state index contributed by atoms with van der Waals surface area (Å²) in [5, 5.41) is 15.8. The Morgan fingerprint density at radius 2 is 2.03 bits per heavy atom. The number of hydrogen-bond donors (Lipinski definition) is 2. The van der Waals surface area contributed by atoms with Crippen LogP contribution in [0.15, 0.2) is 34.9 Å². The van der Waals surface area contributed by atoms with Gasteiger partial charge in [0.15, 0.2) is 5.58 Å². The van der Waals surface area contributed by atoms with E-state index < -0.39 is 0 Å². The summed E-state index contributed by atoms with van der Waals surface area (Å²) >= 11 is 0. The third-order valence-electron chi connectivity index (χ3n) is 7.79. The normalized spacial score (nSPS) is 22.7. The summed E-state index contributed by atoms with van der Waals surface area (Å²) in [6.45, 7) is 7.57. The van der Waals surface area contributed by atoms with Crippen LogP contribution in [0.25, 0.3) is 11.0 Å². The zero-order valence-electron chi connectivity index (χ0n) is 20.0. The van der Waals surface area contributed by atoms with Crippen LogP contribution in [0.2, 0.25) is 0 Å². The first kappa shape index (κ1) is 23.3. The van der Waals surface area contributed by atoms with Gasteiger partial charge in [-0.1, -0.05) is 24.2 Å². The molecule has 1 unspecified atom stereocenters.